The monoisotopic (exact) mass is 357 g/mol. The molecule has 0 atom stereocenters. The molecule has 0 saturated carbocycles. The summed E-state index contributed by atoms with van der Waals surface area (Å²) in [7, 11) is 0. The van der Waals surface area contributed by atoms with Crippen molar-refractivity contribution in [1.82, 2.24) is 9.97 Å². The second-order valence-electron chi connectivity index (χ2n) is 7.32. The molecule has 2 aliphatic heterocycles. The lowest BCUT2D eigenvalue weighted by Crippen LogP contribution is -2.34. The summed E-state index contributed by atoms with van der Waals surface area (Å²) < 4.78 is 0. The number of hydrogen-bond acceptors (Lipinski definition) is 5. The van der Waals surface area contributed by atoms with Gasteiger partial charge in [0.1, 0.15) is 12.0 Å². The van der Waals surface area contributed by atoms with Crippen LogP contribution < -0.4 is 15.5 Å². The Labute approximate surface area is 159 Å². The number of anilines is 3. The number of rotatable bonds is 2. The summed E-state index contributed by atoms with van der Waals surface area (Å²) in [6.07, 6.45) is 3.69. The lowest BCUT2D eigenvalue weighted by Gasteiger charge is -2.33. The lowest BCUT2D eigenvalue weighted by molar-refractivity contribution is 0.707. The van der Waals surface area contributed by atoms with E-state index in [0.29, 0.717) is 5.69 Å². The fraction of sp³-hybridized carbons (Fsp3) is 0.273. The minimum absolute atomic E-state index is 0.691. The van der Waals surface area contributed by atoms with Gasteiger partial charge in [0.15, 0.2) is 11.6 Å². The van der Waals surface area contributed by atoms with Crippen molar-refractivity contribution in [2.45, 2.75) is 25.9 Å². The van der Waals surface area contributed by atoms with Gasteiger partial charge in [0, 0.05) is 26.2 Å². The van der Waals surface area contributed by atoms with Gasteiger partial charge in [0.05, 0.1) is 0 Å². The fourth-order valence-corrected chi connectivity index (χ4v) is 4.23. The molecule has 5 nitrogen and oxygen atoms in total. The van der Waals surface area contributed by atoms with Gasteiger partial charge >= 0.3 is 0 Å². The average Bonchev–Trinajstić information content (AvgIpc) is 2.73. The third-order valence-corrected chi connectivity index (χ3v) is 5.70. The maximum atomic E-state index is 6.58. The number of nitrogen functional groups attached to an aromatic ring is 1. The Balaban J connectivity index is 1.44. The van der Waals surface area contributed by atoms with Gasteiger partial charge in [-0.05, 0) is 35.1 Å². The smallest absolute Gasteiger partial charge is 0.157 e. The largest absolute Gasteiger partial charge is 0.393 e. The van der Waals surface area contributed by atoms with Crippen LogP contribution in [0.1, 0.15) is 22.3 Å². The molecule has 27 heavy (non-hydrogen) atoms. The van der Waals surface area contributed by atoms with Gasteiger partial charge in [0.2, 0.25) is 0 Å². The lowest BCUT2D eigenvalue weighted by atomic mass is 9.99. The zero-order valence-electron chi connectivity index (χ0n) is 15.3. The Morgan fingerprint density at radius 3 is 1.59 bits per heavy atom. The summed E-state index contributed by atoms with van der Waals surface area (Å²) in [6.45, 7) is 3.56. The Bertz CT molecular complexity index is 908. The first-order valence-corrected chi connectivity index (χ1v) is 9.53. The first kappa shape index (κ1) is 16.1. The number of nitrogens with zero attached hydrogens (tertiary/aromatic N) is 4. The van der Waals surface area contributed by atoms with Gasteiger partial charge in [-0.2, -0.15) is 0 Å². The van der Waals surface area contributed by atoms with Crippen molar-refractivity contribution in [3.63, 3.8) is 0 Å². The topological polar surface area (TPSA) is 58.3 Å². The quantitative estimate of drug-likeness (QED) is 0.763. The van der Waals surface area contributed by atoms with Crippen molar-refractivity contribution in [3.05, 3.63) is 77.1 Å². The third kappa shape index (κ3) is 2.89. The first-order valence-electron chi connectivity index (χ1n) is 9.53. The molecular weight excluding hydrogens is 334 g/mol. The van der Waals surface area contributed by atoms with Crippen LogP contribution in [0.3, 0.4) is 0 Å². The molecule has 0 amide bonds. The van der Waals surface area contributed by atoms with Crippen molar-refractivity contribution in [3.8, 4) is 0 Å². The highest BCUT2D eigenvalue weighted by molar-refractivity contribution is 5.76. The molecule has 3 aromatic rings. The molecule has 0 spiro atoms. The van der Waals surface area contributed by atoms with E-state index in [-0.39, 0.29) is 0 Å². The molecule has 0 radical (unpaired) electrons. The highest BCUT2D eigenvalue weighted by atomic mass is 15.3. The Morgan fingerprint density at radius 1 is 0.667 bits per heavy atom. The molecule has 0 fully saturated rings. The van der Waals surface area contributed by atoms with Crippen LogP contribution in [0.25, 0.3) is 0 Å². The van der Waals surface area contributed by atoms with Crippen LogP contribution >= 0.6 is 0 Å². The van der Waals surface area contributed by atoms with E-state index in [2.05, 4.69) is 68.3 Å². The van der Waals surface area contributed by atoms with E-state index in [9.17, 15) is 0 Å². The van der Waals surface area contributed by atoms with E-state index >= 15 is 0 Å². The molecule has 136 valence electrons. The summed E-state index contributed by atoms with van der Waals surface area (Å²) in [5, 5.41) is 0. The second-order valence-corrected chi connectivity index (χ2v) is 7.32. The highest BCUT2D eigenvalue weighted by Crippen LogP contribution is 2.34. The summed E-state index contributed by atoms with van der Waals surface area (Å²) in [4.78, 5) is 13.6. The summed E-state index contributed by atoms with van der Waals surface area (Å²) in [5.74, 6) is 1.71. The molecule has 2 aliphatic rings. The Kier molecular flexibility index (Phi) is 3.93. The Morgan fingerprint density at radius 2 is 1.11 bits per heavy atom. The molecule has 2 aromatic carbocycles. The van der Waals surface area contributed by atoms with Gasteiger partial charge in [-0.15, -0.1) is 0 Å². The standard InChI is InChI=1S/C22H23N5/c23-20-21(26-11-9-16-5-1-3-7-18(16)13-26)24-15-25-22(20)27-12-10-17-6-2-4-8-19(17)14-27/h1-8,15H,9-14,23H2. The van der Waals surface area contributed by atoms with Gasteiger partial charge < -0.3 is 15.5 Å². The zero-order chi connectivity index (χ0) is 18.2. The highest BCUT2D eigenvalue weighted by Gasteiger charge is 2.24. The number of benzene rings is 2. The maximum absolute atomic E-state index is 6.58. The predicted molar refractivity (Wildman–Crippen MR) is 109 cm³/mol. The summed E-state index contributed by atoms with van der Waals surface area (Å²) in [6, 6.07) is 17.2. The number of hydrogen-bond donors (Lipinski definition) is 1. The van der Waals surface area contributed by atoms with Crippen molar-refractivity contribution in [2.24, 2.45) is 0 Å². The minimum atomic E-state index is 0.691. The first-order chi connectivity index (χ1) is 13.3. The Hall–Kier alpha value is -3.08. The van der Waals surface area contributed by atoms with Crippen molar-refractivity contribution in [1.29, 1.82) is 0 Å². The third-order valence-electron chi connectivity index (χ3n) is 5.70. The van der Waals surface area contributed by atoms with Crippen LogP contribution in [-0.4, -0.2) is 23.1 Å². The summed E-state index contributed by atoms with van der Waals surface area (Å²) >= 11 is 0. The molecule has 0 aliphatic carbocycles. The van der Waals surface area contributed by atoms with Gasteiger partial charge in [-0.1, -0.05) is 48.5 Å². The van der Waals surface area contributed by atoms with E-state index in [0.717, 1.165) is 50.7 Å². The van der Waals surface area contributed by atoms with Crippen LogP contribution in [0.4, 0.5) is 17.3 Å². The number of nitrogens with two attached hydrogens (primary N) is 1. The molecule has 1 aromatic heterocycles. The van der Waals surface area contributed by atoms with Crippen LogP contribution in [0.5, 0.6) is 0 Å². The number of aromatic nitrogens is 2. The van der Waals surface area contributed by atoms with Crippen LogP contribution in [0.15, 0.2) is 54.9 Å². The molecular formula is C22H23N5. The maximum Gasteiger partial charge on any atom is 0.157 e. The van der Waals surface area contributed by atoms with E-state index in [4.69, 9.17) is 5.73 Å². The molecule has 5 rings (SSSR count). The molecule has 0 bridgehead atoms. The van der Waals surface area contributed by atoms with Gasteiger partial charge in [-0.25, -0.2) is 9.97 Å². The van der Waals surface area contributed by atoms with Crippen molar-refractivity contribution < 1.29 is 0 Å². The van der Waals surface area contributed by atoms with E-state index in [1.54, 1.807) is 6.33 Å². The van der Waals surface area contributed by atoms with Crippen molar-refractivity contribution in [2.75, 3.05) is 28.6 Å². The second kappa shape index (κ2) is 6.58. The van der Waals surface area contributed by atoms with Crippen molar-refractivity contribution >= 4 is 17.3 Å². The van der Waals surface area contributed by atoms with Crippen LogP contribution in [0, 0.1) is 0 Å². The predicted octanol–water partition coefficient (Wildman–Crippen LogP) is 3.18. The van der Waals surface area contributed by atoms with E-state index in [1.807, 2.05) is 0 Å². The molecule has 3 heterocycles. The van der Waals surface area contributed by atoms with Gasteiger partial charge in [0.25, 0.3) is 0 Å². The average molecular weight is 357 g/mol. The van der Waals surface area contributed by atoms with Crippen LogP contribution in [0.2, 0.25) is 0 Å². The fourth-order valence-electron chi connectivity index (χ4n) is 4.23. The van der Waals surface area contributed by atoms with Crippen LogP contribution in [-0.2, 0) is 25.9 Å². The molecule has 2 N–H and O–H groups in total. The minimum Gasteiger partial charge on any atom is -0.393 e. The molecule has 5 heteroatoms. The molecule has 0 unspecified atom stereocenters. The van der Waals surface area contributed by atoms with Gasteiger partial charge in [-0.3, -0.25) is 0 Å². The van der Waals surface area contributed by atoms with E-state index < -0.39 is 0 Å². The normalized spacial score (nSPS) is 16.0. The zero-order valence-corrected chi connectivity index (χ0v) is 15.3. The molecule has 0 saturated heterocycles. The summed E-state index contributed by atoms with van der Waals surface area (Å²) in [5.41, 5.74) is 12.8. The van der Waals surface area contributed by atoms with E-state index in [1.165, 1.54) is 22.3 Å². The number of fused-ring (bicyclic) bond motifs is 2. The SMILES string of the molecule is Nc1c(N2CCc3ccccc3C2)ncnc1N1CCc2ccccc2C1.